The van der Waals surface area contributed by atoms with Crippen LogP contribution in [0.3, 0.4) is 0 Å². The Labute approximate surface area is 151 Å². The zero-order valence-corrected chi connectivity index (χ0v) is 14.5. The summed E-state index contributed by atoms with van der Waals surface area (Å²) in [6, 6.07) is 14.0. The number of benzene rings is 2. The summed E-state index contributed by atoms with van der Waals surface area (Å²) in [7, 11) is 1.95. The summed E-state index contributed by atoms with van der Waals surface area (Å²) in [5, 5.41) is 16.0. The standard InChI is InChI=1S/C20H21N3O3/c1-23-13-15(17-11-16(24)7-8-18(17)23)9-10-21-19(25)12-22-20(26)14-5-3-2-4-6-14/h2-8,11,13,24H,9-10,12H2,1H3,(H,21,25)(H,22,26). The fourth-order valence-electron chi connectivity index (χ4n) is 2.91. The van der Waals surface area contributed by atoms with Crippen molar-refractivity contribution in [2.75, 3.05) is 13.1 Å². The van der Waals surface area contributed by atoms with Crippen molar-refractivity contribution in [2.45, 2.75) is 6.42 Å². The molecule has 3 rings (SSSR count). The third-order valence-corrected chi connectivity index (χ3v) is 4.22. The molecule has 3 N–H and O–H groups in total. The fourth-order valence-corrected chi connectivity index (χ4v) is 2.91. The molecule has 0 radical (unpaired) electrons. The number of nitrogens with zero attached hydrogens (tertiary/aromatic N) is 1. The third kappa shape index (κ3) is 4.03. The number of hydrogen-bond acceptors (Lipinski definition) is 3. The number of phenols is 1. The first kappa shape index (κ1) is 17.5. The van der Waals surface area contributed by atoms with Gasteiger partial charge in [0.1, 0.15) is 5.75 Å². The highest BCUT2D eigenvalue weighted by Crippen LogP contribution is 2.24. The summed E-state index contributed by atoms with van der Waals surface area (Å²) in [6.07, 6.45) is 2.63. The molecule has 2 aromatic carbocycles. The van der Waals surface area contributed by atoms with E-state index < -0.39 is 0 Å². The summed E-state index contributed by atoms with van der Waals surface area (Å²) in [5.41, 5.74) is 2.60. The van der Waals surface area contributed by atoms with Crippen LogP contribution in [0, 0.1) is 0 Å². The number of fused-ring (bicyclic) bond motifs is 1. The molecule has 0 saturated carbocycles. The van der Waals surface area contributed by atoms with Gasteiger partial charge in [0.05, 0.1) is 6.54 Å². The van der Waals surface area contributed by atoms with E-state index in [9.17, 15) is 14.7 Å². The lowest BCUT2D eigenvalue weighted by molar-refractivity contribution is -0.120. The summed E-state index contributed by atoms with van der Waals surface area (Å²) < 4.78 is 1.99. The smallest absolute Gasteiger partial charge is 0.251 e. The molecule has 1 aromatic heterocycles. The van der Waals surface area contributed by atoms with Crippen LogP contribution in [0.25, 0.3) is 10.9 Å². The number of phenolic OH excluding ortho intramolecular Hbond substituents is 1. The van der Waals surface area contributed by atoms with Crippen LogP contribution in [0.2, 0.25) is 0 Å². The predicted molar refractivity (Wildman–Crippen MR) is 100 cm³/mol. The number of amides is 2. The van der Waals surface area contributed by atoms with Crippen LogP contribution in [-0.4, -0.2) is 34.6 Å². The fraction of sp³-hybridized carbons (Fsp3) is 0.200. The van der Waals surface area contributed by atoms with Crippen LogP contribution in [0.4, 0.5) is 0 Å². The molecular formula is C20H21N3O3. The molecule has 0 saturated heterocycles. The molecule has 6 heteroatoms. The van der Waals surface area contributed by atoms with E-state index in [1.54, 1.807) is 36.4 Å². The lowest BCUT2D eigenvalue weighted by atomic mass is 10.1. The maximum absolute atomic E-state index is 11.9. The Kier molecular flexibility index (Phi) is 5.22. The lowest BCUT2D eigenvalue weighted by Gasteiger charge is -2.07. The van der Waals surface area contributed by atoms with Gasteiger partial charge in [-0.25, -0.2) is 0 Å². The van der Waals surface area contributed by atoms with Crippen LogP contribution in [0.5, 0.6) is 5.75 Å². The Morgan fingerprint density at radius 1 is 1.08 bits per heavy atom. The largest absolute Gasteiger partial charge is 0.508 e. The zero-order valence-electron chi connectivity index (χ0n) is 14.5. The molecule has 0 aliphatic rings. The van der Waals surface area contributed by atoms with Gasteiger partial charge < -0.3 is 20.3 Å². The molecule has 0 aliphatic heterocycles. The summed E-state index contributed by atoms with van der Waals surface area (Å²) >= 11 is 0. The van der Waals surface area contributed by atoms with Crippen molar-refractivity contribution in [3.63, 3.8) is 0 Å². The van der Waals surface area contributed by atoms with Gasteiger partial charge in [0.15, 0.2) is 0 Å². The second-order valence-corrected chi connectivity index (χ2v) is 6.12. The first-order valence-corrected chi connectivity index (χ1v) is 8.41. The van der Waals surface area contributed by atoms with Gasteiger partial charge in [-0.05, 0) is 42.3 Å². The Balaban J connectivity index is 1.50. The molecule has 6 nitrogen and oxygen atoms in total. The van der Waals surface area contributed by atoms with Crippen molar-refractivity contribution in [1.82, 2.24) is 15.2 Å². The van der Waals surface area contributed by atoms with Crippen molar-refractivity contribution in [3.05, 3.63) is 65.9 Å². The van der Waals surface area contributed by atoms with Crippen LogP contribution in [0.15, 0.2) is 54.7 Å². The zero-order chi connectivity index (χ0) is 18.5. The second kappa shape index (κ2) is 7.74. The second-order valence-electron chi connectivity index (χ2n) is 6.12. The molecule has 1 heterocycles. The first-order chi connectivity index (χ1) is 12.5. The van der Waals surface area contributed by atoms with E-state index >= 15 is 0 Å². The minimum atomic E-state index is -0.273. The van der Waals surface area contributed by atoms with Gasteiger partial charge in [0, 0.05) is 36.3 Å². The van der Waals surface area contributed by atoms with E-state index in [0.717, 1.165) is 16.5 Å². The molecule has 26 heavy (non-hydrogen) atoms. The molecule has 134 valence electrons. The SMILES string of the molecule is Cn1cc(CCNC(=O)CNC(=O)c2ccccc2)c2cc(O)ccc21. The van der Waals surface area contributed by atoms with Crippen molar-refractivity contribution < 1.29 is 14.7 Å². The number of aryl methyl sites for hydroxylation is 1. The average Bonchev–Trinajstić information content (AvgIpc) is 2.95. The third-order valence-electron chi connectivity index (χ3n) is 4.22. The van der Waals surface area contributed by atoms with Gasteiger partial charge in [-0.1, -0.05) is 18.2 Å². The Hall–Kier alpha value is -3.28. The number of nitrogens with one attached hydrogen (secondary N) is 2. The van der Waals surface area contributed by atoms with E-state index in [4.69, 9.17) is 0 Å². The Morgan fingerprint density at radius 2 is 1.85 bits per heavy atom. The number of aromatic hydroxyl groups is 1. The van der Waals surface area contributed by atoms with E-state index in [0.29, 0.717) is 18.5 Å². The lowest BCUT2D eigenvalue weighted by Crippen LogP contribution is -2.37. The van der Waals surface area contributed by atoms with Crippen molar-refractivity contribution in [2.24, 2.45) is 7.05 Å². The number of carbonyl (C=O) groups excluding carboxylic acids is 2. The predicted octanol–water partition coefficient (Wildman–Crippen LogP) is 1.97. The summed E-state index contributed by atoms with van der Waals surface area (Å²) in [4.78, 5) is 23.8. The van der Waals surface area contributed by atoms with Crippen molar-refractivity contribution in [1.29, 1.82) is 0 Å². The van der Waals surface area contributed by atoms with E-state index in [-0.39, 0.29) is 24.1 Å². The highest BCUT2D eigenvalue weighted by molar-refractivity contribution is 5.96. The topological polar surface area (TPSA) is 83.4 Å². The van der Waals surface area contributed by atoms with Crippen molar-refractivity contribution in [3.8, 4) is 5.75 Å². The average molecular weight is 351 g/mol. The first-order valence-electron chi connectivity index (χ1n) is 8.41. The highest BCUT2D eigenvalue weighted by Gasteiger charge is 2.09. The van der Waals surface area contributed by atoms with Crippen LogP contribution < -0.4 is 10.6 Å². The summed E-state index contributed by atoms with van der Waals surface area (Å²) in [5.74, 6) is -0.291. The number of hydrogen-bond donors (Lipinski definition) is 3. The molecule has 0 aliphatic carbocycles. The molecule has 0 spiro atoms. The van der Waals surface area contributed by atoms with Gasteiger partial charge in [-0.2, -0.15) is 0 Å². The Morgan fingerprint density at radius 3 is 2.62 bits per heavy atom. The van der Waals surface area contributed by atoms with E-state index in [1.165, 1.54) is 0 Å². The molecule has 0 atom stereocenters. The molecular weight excluding hydrogens is 330 g/mol. The normalized spacial score (nSPS) is 10.7. The number of aromatic nitrogens is 1. The van der Waals surface area contributed by atoms with E-state index in [2.05, 4.69) is 10.6 Å². The molecule has 0 bridgehead atoms. The minimum Gasteiger partial charge on any atom is -0.508 e. The Bertz CT molecular complexity index is 932. The minimum absolute atomic E-state index is 0.0654. The molecule has 0 fully saturated rings. The van der Waals surface area contributed by atoms with Gasteiger partial charge in [-0.15, -0.1) is 0 Å². The summed E-state index contributed by atoms with van der Waals surface area (Å²) in [6.45, 7) is 0.388. The van der Waals surface area contributed by atoms with Gasteiger partial charge in [0.25, 0.3) is 5.91 Å². The van der Waals surface area contributed by atoms with Crippen LogP contribution >= 0.6 is 0 Å². The van der Waals surface area contributed by atoms with Crippen molar-refractivity contribution >= 4 is 22.7 Å². The molecule has 3 aromatic rings. The maximum atomic E-state index is 11.9. The van der Waals surface area contributed by atoms with Crippen LogP contribution in [-0.2, 0) is 18.3 Å². The van der Waals surface area contributed by atoms with Crippen LogP contribution in [0.1, 0.15) is 15.9 Å². The van der Waals surface area contributed by atoms with Gasteiger partial charge in [-0.3, -0.25) is 9.59 Å². The molecule has 2 amide bonds. The maximum Gasteiger partial charge on any atom is 0.251 e. The quantitative estimate of drug-likeness (QED) is 0.635. The molecule has 0 unspecified atom stereocenters. The van der Waals surface area contributed by atoms with Gasteiger partial charge >= 0.3 is 0 Å². The number of carbonyl (C=O) groups is 2. The van der Waals surface area contributed by atoms with Gasteiger partial charge in [0.2, 0.25) is 5.91 Å². The number of rotatable bonds is 6. The highest BCUT2D eigenvalue weighted by atomic mass is 16.3. The van der Waals surface area contributed by atoms with E-state index in [1.807, 2.05) is 29.9 Å². The monoisotopic (exact) mass is 351 g/mol.